The van der Waals surface area contributed by atoms with Crippen molar-refractivity contribution < 1.29 is 9.90 Å². The fourth-order valence-electron chi connectivity index (χ4n) is 2.29. The molecule has 0 radical (unpaired) electrons. The zero-order valence-electron chi connectivity index (χ0n) is 9.53. The van der Waals surface area contributed by atoms with Crippen LogP contribution in [0.2, 0.25) is 0 Å². The van der Waals surface area contributed by atoms with Crippen LogP contribution >= 0.6 is 11.6 Å². The number of carbonyl (C=O) groups excluding carboxylic acids is 1. The number of carbonyl (C=O) groups is 1. The van der Waals surface area contributed by atoms with E-state index < -0.39 is 0 Å². The van der Waals surface area contributed by atoms with Crippen molar-refractivity contribution in [1.82, 2.24) is 15.1 Å². The molecule has 2 N–H and O–H groups in total. The number of hydrogen-bond donors (Lipinski definition) is 2. The van der Waals surface area contributed by atoms with E-state index >= 15 is 0 Å². The van der Waals surface area contributed by atoms with Gasteiger partial charge in [0.1, 0.15) is 5.88 Å². The summed E-state index contributed by atoms with van der Waals surface area (Å²) in [6, 6.07) is 0.0115. The van der Waals surface area contributed by atoms with Crippen LogP contribution in [-0.2, 0) is 17.8 Å². The lowest BCUT2D eigenvalue weighted by Gasteiger charge is -2.23. The number of rotatable bonds is 4. The molecule has 94 valence electrons. The Labute approximate surface area is 105 Å². The van der Waals surface area contributed by atoms with Crippen molar-refractivity contribution in [3.05, 3.63) is 17.5 Å². The van der Waals surface area contributed by atoms with E-state index in [1.807, 2.05) is 4.68 Å². The summed E-state index contributed by atoms with van der Waals surface area (Å²) in [5.41, 5.74) is 2.17. The van der Waals surface area contributed by atoms with Gasteiger partial charge in [-0.2, -0.15) is 5.10 Å². The number of amides is 1. The number of halogens is 1. The molecule has 2 rings (SSSR count). The lowest BCUT2D eigenvalue weighted by Crippen LogP contribution is -2.31. The van der Waals surface area contributed by atoms with Crippen LogP contribution in [0.3, 0.4) is 0 Å². The van der Waals surface area contributed by atoms with Crippen molar-refractivity contribution >= 4 is 17.5 Å². The van der Waals surface area contributed by atoms with Gasteiger partial charge in [-0.25, -0.2) is 0 Å². The molecule has 17 heavy (non-hydrogen) atoms. The summed E-state index contributed by atoms with van der Waals surface area (Å²) >= 11 is 5.49. The number of aromatic nitrogens is 2. The minimum absolute atomic E-state index is 0.0115. The second-order valence-corrected chi connectivity index (χ2v) is 4.41. The highest BCUT2D eigenvalue weighted by Crippen LogP contribution is 2.29. The maximum absolute atomic E-state index is 11.3. The Kier molecular flexibility index (Phi) is 4.02. The van der Waals surface area contributed by atoms with Crippen molar-refractivity contribution in [2.24, 2.45) is 0 Å². The van der Waals surface area contributed by atoms with Gasteiger partial charge in [0.05, 0.1) is 25.4 Å². The number of nitrogens with zero attached hydrogens (tertiary/aromatic N) is 2. The van der Waals surface area contributed by atoms with Gasteiger partial charge in [-0.05, 0) is 19.3 Å². The summed E-state index contributed by atoms with van der Waals surface area (Å²) in [6.45, 7) is 0.582. The molecule has 6 heteroatoms. The fourth-order valence-corrected chi connectivity index (χ4v) is 2.37. The second kappa shape index (κ2) is 5.51. The monoisotopic (exact) mass is 257 g/mol. The van der Waals surface area contributed by atoms with Crippen molar-refractivity contribution in [2.75, 3.05) is 12.5 Å². The smallest absolute Gasteiger partial charge is 0.235 e. The molecule has 1 unspecified atom stereocenters. The Morgan fingerprint density at radius 3 is 3.24 bits per heavy atom. The second-order valence-electron chi connectivity index (χ2n) is 4.14. The summed E-state index contributed by atoms with van der Waals surface area (Å²) < 4.78 is 1.81. The first-order valence-corrected chi connectivity index (χ1v) is 6.30. The molecule has 0 aliphatic heterocycles. The first-order chi connectivity index (χ1) is 8.26. The molecule has 1 aromatic rings. The highest BCUT2D eigenvalue weighted by molar-refractivity contribution is 6.27. The molecular weight excluding hydrogens is 242 g/mol. The third-order valence-electron chi connectivity index (χ3n) is 3.03. The summed E-state index contributed by atoms with van der Waals surface area (Å²) in [5, 5.41) is 16.1. The number of fused-ring (bicyclic) bond motifs is 1. The van der Waals surface area contributed by atoms with Crippen LogP contribution in [0.4, 0.5) is 0 Å². The molecule has 0 spiro atoms. The minimum atomic E-state index is -0.153. The van der Waals surface area contributed by atoms with E-state index in [9.17, 15) is 4.79 Å². The molecular formula is C11H16ClN3O2. The van der Waals surface area contributed by atoms with Gasteiger partial charge in [-0.1, -0.05) is 0 Å². The summed E-state index contributed by atoms with van der Waals surface area (Å²) in [7, 11) is 0. The SMILES string of the molecule is O=C(CCl)NC1CCCc2c1cnn2CCO. The largest absolute Gasteiger partial charge is 0.394 e. The molecule has 0 bridgehead atoms. The molecule has 0 fully saturated rings. The number of nitrogens with one attached hydrogen (secondary N) is 1. The summed E-state index contributed by atoms with van der Waals surface area (Å²) in [5.74, 6) is -0.171. The molecule has 1 aliphatic rings. The molecule has 1 aliphatic carbocycles. The van der Waals surface area contributed by atoms with Crippen molar-refractivity contribution in [2.45, 2.75) is 31.8 Å². The first-order valence-electron chi connectivity index (χ1n) is 5.77. The molecule has 0 saturated carbocycles. The van der Waals surface area contributed by atoms with Gasteiger partial charge in [0.15, 0.2) is 0 Å². The third-order valence-corrected chi connectivity index (χ3v) is 3.27. The van der Waals surface area contributed by atoms with E-state index in [1.165, 1.54) is 0 Å². The Hall–Kier alpha value is -1.07. The Bertz CT molecular complexity index is 405. The zero-order chi connectivity index (χ0) is 12.3. The van der Waals surface area contributed by atoms with Gasteiger partial charge in [0.25, 0.3) is 0 Å². The predicted molar refractivity (Wildman–Crippen MR) is 63.9 cm³/mol. The van der Waals surface area contributed by atoms with E-state index in [0.717, 1.165) is 30.5 Å². The van der Waals surface area contributed by atoms with Crippen LogP contribution in [0.1, 0.15) is 30.1 Å². The van der Waals surface area contributed by atoms with Crippen LogP contribution < -0.4 is 5.32 Å². The number of aliphatic hydroxyl groups is 1. The van der Waals surface area contributed by atoms with Crippen LogP contribution in [0, 0.1) is 0 Å². The Morgan fingerprint density at radius 1 is 1.71 bits per heavy atom. The summed E-state index contributed by atoms with van der Waals surface area (Å²) in [6.07, 6.45) is 4.66. The Morgan fingerprint density at radius 2 is 2.53 bits per heavy atom. The molecule has 1 atom stereocenters. The van der Waals surface area contributed by atoms with Crippen LogP contribution in [0.5, 0.6) is 0 Å². The van der Waals surface area contributed by atoms with Gasteiger partial charge >= 0.3 is 0 Å². The van der Waals surface area contributed by atoms with Gasteiger partial charge in [-0.3, -0.25) is 9.48 Å². The number of hydrogen-bond acceptors (Lipinski definition) is 3. The maximum Gasteiger partial charge on any atom is 0.235 e. The number of alkyl halides is 1. The van der Waals surface area contributed by atoms with E-state index in [0.29, 0.717) is 6.54 Å². The highest BCUT2D eigenvalue weighted by Gasteiger charge is 2.24. The topological polar surface area (TPSA) is 67.2 Å². The normalized spacial score (nSPS) is 18.8. The van der Waals surface area contributed by atoms with Crippen LogP contribution in [0.25, 0.3) is 0 Å². The van der Waals surface area contributed by atoms with Crippen molar-refractivity contribution in [3.8, 4) is 0 Å². The quantitative estimate of drug-likeness (QED) is 0.777. The molecule has 5 nitrogen and oxygen atoms in total. The lowest BCUT2D eigenvalue weighted by atomic mass is 9.93. The molecule has 1 heterocycles. The maximum atomic E-state index is 11.3. The van der Waals surface area contributed by atoms with Crippen molar-refractivity contribution in [1.29, 1.82) is 0 Å². The first kappa shape index (κ1) is 12.4. The lowest BCUT2D eigenvalue weighted by molar-refractivity contribution is -0.119. The predicted octanol–water partition coefficient (Wildman–Crippen LogP) is 0.608. The minimum Gasteiger partial charge on any atom is -0.394 e. The van der Waals surface area contributed by atoms with E-state index in [2.05, 4.69) is 10.4 Å². The van der Waals surface area contributed by atoms with E-state index in [1.54, 1.807) is 6.20 Å². The average molecular weight is 258 g/mol. The van der Waals surface area contributed by atoms with Crippen LogP contribution in [0.15, 0.2) is 6.20 Å². The average Bonchev–Trinajstić information content (AvgIpc) is 2.74. The van der Waals surface area contributed by atoms with Gasteiger partial charge in [-0.15, -0.1) is 11.6 Å². The highest BCUT2D eigenvalue weighted by atomic mass is 35.5. The van der Waals surface area contributed by atoms with Gasteiger partial charge in [0, 0.05) is 11.3 Å². The molecule has 1 aromatic heterocycles. The Balaban J connectivity index is 2.17. The number of aliphatic hydroxyl groups excluding tert-OH is 1. The van der Waals surface area contributed by atoms with Gasteiger partial charge < -0.3 is 10.4 Å². The standard InChI is InChI=1S/C11H16ClN3O2/c12-6-11(17)14-9-2-1-3-10-8(9)7-13-15(10)4-5-16/h7,9,16H,1-6H2,(H,14,17). The third kappa shape index (κ3) is 2.61. The van der Waals surface area contributed by atoms with Crippen LogP contribution in [-0.4, -0.2) is 33.3 Å². The summed E-state index contributed by atoms with van der Waals surface area (Å²) in [4.78, 5) is 11.3. The molecule has 0 aromatic carbocycles. The van der Waals surface area contributed by atoms with E-state index in [-0.39, 0.29) is 24.4 Å². The molecule has 1 amide bonds. The fraction of sp³-hybridized carbons (Fsp3) is 0.636. The van der Waals surface area contributed by atoms with E-state index in [4.69, 9.17) is 16.7 Å². The zero-order valence-corrected chi connectivity index (χ0v) is 10.3. The van der Waals surface area contributed by atoms with Gasteiger partial charge in [0.2, 0.25) is 5.91 Å². The van der Waals surface area contributed by atoms with Crippen molar-refractivity contribution in [3.63, 3.8) is 0 Å². The molecule has 0 saturated heterocycles.